The number of carbonyl (C=O) groups excluding carboxylic acids is 3. The molecule has 1 aromatic rings. The highest BCUT2D eigenvalue weighted by Gasteiger charge is 2.32. The normalized spacial score (nSPS) is 11.7. The molecule has 0 unspecified atom stereocenters. The Bertz CT molecular complexity index is 720. The molecule has 0 aliphatic rings. The summed E-state index contributed by atoms with van der Waals surface area (Å²) in [6.07, 6.45) is 1.75. The SMILES string of the molecule is CC[Si](CC)(CC)/C(=C/CN(Cc1ccccc1)C(=O)CC(=O)OC)COC(C)=O. The number of methoxy groups -OCH3 is 1. The van der Waals surface area contributed by atoms with Crippen molar-refractivity contribution < 1.29 is 23.9 Å². The van der Waals surface area contributed by atoms with Crippen LogP contribution in [-0.2, 0) is 30.4 Å². The van der Waals surface area contributed by atoms with E-state index in [1.807, 2.05) is 36.4 Å². The Balaban J connectivity index is 3.18. The van der Waals surface area contributed by atoms with Crippen LogP contribution in [0.3, 0.4) is 0 Å². The van der Waals surface area contributed by atoms with Crippen molar-refractivity contribution in [3.05, 3.63) is 47.2 Å². The van der Waals surface area contributed by atoms with Gasteiger partial charge < -0.3 is 14.4 Å². The third-order valence-corrected chi connectivity index (χ3v) is 11.6. The van der Waals surface area contributed by atoms with E-state index < -0.39 is 14.0 Å². The summed E-state index contributed by atoms with van der Waals surface area (Å²) in [5.41, 5.74) is 0.982. The summed E-state index contributed by atoms with van der Waals surface area (Å²) in [5, 5.41) is 1.15. The summed E-state index contributed by atoms with van der Waals surface area (Å²) < 4.78 is 10.0. The van der Waals surface area contributed by atoms with Crippen molar-refractivity contribution >= 4 is 25.9 Å². The van der Waals surface area contributed by atoms with Gasteiger partial charge in [-0.3, -0.25) is 14.4 Å². The summed E-state index contributed by atoms with van der Waals surface area (Å²) >= 11 is 0. The van der Waals surface area contributed by atoms with Gasteiger partial charge in [0.25, 0.3) is 0 Å². The lowest BCUT2D eigenvalue weighted by Crippen LogP contribution is -2.39. The topological polar surface area (TPSA) is 72.9 Å². The monoisotopic (exact) mass is 433 g/mol. The van der Waals surface area contributed by atoms with Gasteiger partial charge in [0.05, 0.1) is 15.2 Å². The minimum Gasteiger partial charge on any atom is -0.469 e. The second-order valence-corrected chi connectivity index (χ2v) is 12.7. The van der Waals surface area contributed by atoms with Crippen LogP contribution in [0.15, 0.2) is 41.6 Å². The molecule has 0 aliphatic carbocycles. The summed E-state index contributed by atoms with van der Waals surface area (Å²) in [7, 11) is -0.516. The number of nitrogens with zero attached hydrogens (tertiary/aromatic N) is 1. The molecule has 1 amide bonds. The van der Waals surface area contributed by atoms with Gasteiger partial charge in [-0.1, -0.05) is 75.3 Å². The van der Waals surface area contributed by atoms with Gasteiger partial charge in [-0.05, 0) is 10.8 Å². The minimum atomic E-state index is -1.79. The van der Waals surface area contributed by atoms with Crippen LogP contribution < -0.4 is 0 Å². The van der Waals surface area contributed by atoms with Crippen LogP contribution >= 0.6 is 0 Å². The predicted octanol–water partition coefficient (Wildman–Crippen LogP) is 4.12. The van der Waals surface area contributed by atoms with Gasteiger partial charge in [0.2, 0.25) is 5.91 Å². The largest absolute Gasteiger partial charge is 0.469 e. The van der Waals surface area contributed by atoms with Gasteiger partial charge in [0.15, 0.2) is 0 Å². The van der Waals surface area contributed by atoms with Gasteiger partial charge in [-0.15, -0.1) is 0 Å². The molecule has 7 heteroatoms. The maximum absolute atomic E-state index is 12.8. The highest BCUT2D eigenvalue weighted by molar-refractivity contribution is 6.86. The Kier molecular flexibility index (Phi) is 11.1. The summed E-state index contributed by atoms with van der Waals surface area (Å²) in [5.74, 6) is -1.15. The fourth-order valence-electron chi connectivity index (χ4n) is 3.63. The van der Waals surface area contributed by atoms with E-state index in [1.165, 1.54) is 14.0 Å². The molecule has 1 rings (SSSR count). The van der Waals surface area contributed by atoms with E-state index in [4.69, 9.17) is 4.74 Å². The third-order valence-electron chi connectivity index (χ3n) is 5.79. The first kappa shape index (κ1) is 25.6. The molecule has 0 N–H and O–H groups in total. The van der Waals surface area contributed by atoms with Crippen molar-refractivity contribution in [1.82, 2.24) is 4.90 Å². The highest BCUT2D eigenvalue weighted by Crippen LogP contribution is 2.29. The zero-order chi connectivity index (χ0) is 22.6. The van der Waals surface area contributed by atoms with Crippen LogP contribution in [0.2, 0.25) is 18.1 Å². The molecule has 1 aromatic carbocycles. The number of hydrogen-bond acceptors (Lipinski definition) is 5. The van der Waals surface area contributed by atoms with Crippen LogP contribution in [-0.4, -0.2) is 51.1 Å². The lowest BCUT2D eigenvalue weighted by molar-refractivity contribution is -0.147. The molecule has 166 valence electrons. The highest BCUT2D eigenvalue weighted by atomic mass is 28.3. The Morgan fingerprint density at radius 3 is 2.13 bits per heavy atom. The smallest absolute Gasteiger partial charge is 0.315 e. The maximum Gasteiger partial charge on any atom is 0.315 e. The molecule has 0 spiro atoms. The molecule has 0 fully saturated rings. The number of hydrogen-bond donors (Lipinski definition) is 0. The van der Waals surface area contributed by atoms with Crippen LogP contribution in [0.4, 0.5) is 0 Å². The molecule has 0 saturated carbocycles. The number of ether oxygens (including phenoxy) is 2. The number of rotatable bonds is 12. The van der Waals surface area contributed by atoms with E-state index in [0.29, 0.717) is 13.1 Å². The van der Waals surface area contributed by atoms with E-state index in [-0.39, 0.29) is 24.9 Å². The summed E-state index contributed by atoms with van der Waals surface area (Å²) in [4.78, 5) is 37.5. The summed E-state index contributed by atoms with van der Waals surface area (Å²) in [6, 6.07) is 12.8. The average molecular weight is 434 g/mol. The van der Waals surface area contributed by atoms with Crippen molar-refractivity contribution in [2.75, 3.05) is 20.3 Å². The number of esters is 2. The van der Waals surface area contributed by atoms with Crippen LogP contribution in [0.1, 0.15) is 39.7 Å². The van der Waals surface area contributed by atoms with Crippen molar-refractivity contribution in [2.45, 2.75) is 58.8 Å². The fraction of sp³-hybridized carbons (Fsp3) is 0.522. The first-order chi connectivity index (χ1) is 14.3. The van der Waals surface area contributed by atoms with Crippen LogP contribution in [0.25, 0.3) is 0 Å². The lowest BCUT2D eigenvalue weighted by Gasteiger charge is -2.32. The number of benzene rings is 1. The third kappa shape index (κ3) is 7.78. The van der Waals surface area contributed by atoms with E-state index in [9.17, 15) is 14.4 Å². The van der Waals surface area contributed by atoms with E-state index in [1.54, 1.807) is 4.90 Å². The lowest BCUT2D eigenvalue weighted by atomic mass is 10.2. The van der Waals surface area contributed by atoms with E-state index >= 15 is 0 Å². The van der Waals surface area contributed by atoms with Crippen molar-refractivity contribution in [2.24, 2.45) is 0 Å². The fourth-order valence-corrected chi connectivity index (χ4v) is 7.39. The molecule has 0 bridgehead atoms. The molecule has 0 atom stereocenters. The van der Waals surface area contributed by atoms with Gasteiger partial charge >= 0.3 is 11.9 Å². The second kappa shape index (κ2) is 13.0. The molecule has 0 heterocycles. The van der Waals surface area contributed by atoms with Gasteiger partial charge in [-0.2, -0.15) is 0 Å². The molecule has 0 saturated heterocycles. The van der Waals surface area contributed by atoms with Crippen LogP contribution in [0, 0.1) is 0 Å². The average Bonchev–Trinajstić information content (AvgIpc) is 2.75. The van der Waals surface area contributed by atoms with Gasteiger partial charge in [0.1, 0.15) is 13.0 Å². The quantitative estimate of drug-likeness (QED) is 0.282. The summed E-state index contributed by atoms with van der Waals surface area (Å²) in [6.45, 7) is 8.98. The van der Waals surface area contributed by atoms with Crippen LogP contribution in [0.5, 0.6) is 0 Å². The van der Waals surface area contributed by atoms with Crippen molar-refractivity contribution in [3.8, 4) is 0 Å². The molecule has 0 aliphatic heterocycles. The van der Waals surface area contributed by atoms with Crippen molar-refractivity contribution in [1.29, 1.82) is 0 Å². The standard InChI is InChI=1S/C23H35NO5Si/c1-6-30(7-2,8-3)21(18-29-19(4)25)14-15-24(22(26)16-23(27)28-5)17-20-12-10-9-11-13-20/h9-14H,6-8,15-18H2,1-5H3/b21-14+. The predicted molar refractivity (Wildman–Crippen MR) is 120 cm³/mol. The molecule has 0 radical (unpaired) electrons. The Hall–Kier alpha value is -2.41. The molecule has 0 aromatic heterocycles. The molecular weight excluding hydrogens is 398 g/mol. The molecular formula is C23H35NO5Si. The van der Waals surface area contributed by atoms with Crippen molar-refractivity contribution in [3.63, 3.8) is 0 Å². The number of carbonyl (C=O) groups is 3. The Morgan fingerprint density at radius 1 is 1.03 bits per heavy atom. The number of amides is 1. The first-order valence-electron chi connectivity index (χ1n) is 10.5. The zero-order valence-corrected chi connectivity index (χ0v) is 19.9. The Morgan fingerprint density at radius 2 is 1.63 bits per heavy atom. The minimum absolute atomic E-state index is 0.265. The second-order valence-electron chi connectivity index (χ2n) is 7.36. The maximum atomic E-state index is 12.8. The first-order valence-corrected chi connectivity index (χ1v) is 13.1. The molecule has 30 heavy (non-hydrogen) atoms. The molecule has 6 nitrogen and oxygen atoms in total. The van der Waals surface area contributed by atoms with Gasteiger partial charge in [0, 0.05) is 20.0 Å². The van der Waals surface area contributed by atoms with E-state index in [0.717, 1.165) is 28.9 Å². The Labute approximate surface area is 181 Å². The van der Waals surface area contributed by atoms with E-state index in [2.05, 4.69) is 25.5 Å². The zero-order valence-electron chi connectivity index (χ0n) is 18.9. The van der Waals surface area contributed by atoms with Gasteiger partial charge in [-0.25, -0.2) is 0 Å².